The Morgan fingerprint density at radius 3 is 2.60 bits per heavy atom. The van der Waals surface area contributed by atoms with Gasteiger partial charge < -0.3 is 14.4 Å². The van der Waals surface area contributed by atoms with Crippen molar-refractivity contribution in [3.05, 3.63) is 28.0 Å². The molecule has 5 nitrogen and oxygen atoms in total. The van der Waals surface area contributed by atoms with E-state index in [2.05, 4.69) is 27.8 Å². The van der Waals surface area contributed by atoms with Gasteiger partial charge in [-0.15, -0.1) is 0 Å². The van der Waals surface area contributed by atoms with Crippen molar-refractivity contribution in [3.8, 4) is 5.75 Å². The summed E-state index contributed by atoms with van der Waals surface area (Å²) >= 11 is 3.32. The number of rotatable bonds is 3. The summed E-state index contributed by atoms with van der Waals surface area (Å²) in [4.78, 5) is 16.2. The van der Waals surface area contributed by atoms with Crippen LogP contribution < -0.4 is 4.74 Å². The molecule has 1 aliphatic heterocycles. The van der Waals surface area contributed by atoms with Crippen molar-refractivity contribution in [1.29, 1.82) is 0 Å². The van der Waals surface area contributed by atoms with E-state index in [-0.39, 0.29) is 18.0 Å². The van der Waals surface area contributed by atoms with Crippen LogP contribution in [-0.2, 0) is 11.3 Å². The third kappa shape index (κ3) is 5.07. The highest BCUT2D eigenvalue weighted by atomic mass is 79.9. The zero-order valence-electron chi connectivity index (χ0n) is 15.4. The predicted octanol–water partition coefficient (Wildman–Crippen LogP) is 4.04. The molecule has 25 heavy (non-hydrogen) atoms. The lowest BCUT2D eigenvalue weighted by Gasteiger charge is -2.40. The number of carbonyl (C=O) groups is 1. The second kappa shape index (κ2) is 7.91. The second-order valence-corrected chi connectivity index (χ2v) is 8.08. The molecule has 140 valence electrons. The van der Waals surface area contributed by atoms with E-state index >= 15 is 0 Å². The van der Waals surface area contributed by atoms with Crippen LogP contribution >= 0.6 is 15.9 Å². The van der Waals surface area contributed by atoms with Crippen molar-refractivity contribution in [2.75, 3.05) is 26.7 Å². The highest BCUT2D eigenvalue weighted by Crippen LogP contribution is 2.31. The highest BCUT2D eigenvalue weighted by Gasteiger charge is 2.30. The Hall–Kier alpha value is -1.34. The zero-order valence-corrected chi connectivity index (χ0v) is 17.0. The van der Waals surface area contributed by atoms with Crippen molar-refractivity contribution in [2.24, 2.45) is 0 Å². The molecule has 0 spiro atoms. The van der Waals surface area contributed by atoms with E-state index < -0.39 is 5.60 Å². The van der Waals surface area contributed by atoms with Gasteiger partial charge in [0, 0.05) is 37.8 Å². The van der Waals surface area contributed by atoms with Gasteiger partial charge in [-0.05, 0) is 55.8 Å². The normalized spacial score (nSPS) is 19.0. The smallest absolute Gasteiger partial charge is 0.410 e. The molecule has 0 saturated carbocycles. The number of hydrogen-bond acceptors (Lipinski definition) is 4. The molecule has 1 atom stereocenters. The molecular formula is C18H26BrFN2O3. The monoisotopic (exact) mass is 416 g/mol. The van der Waals surface area contributed by atoms with Crippen LogP contribution in [0.4, 0.5) is 9.18 Å². The Labute approximate surface area is 157 Å². The highest BCUT2D eigenvalue weighted by molar-refractivity contribution is 9.10. The summed E-state index contributed by atoms with van der Waals surface area (Å²) in [7, 11) is 1.58. The summed E-state index contributed by atoms with van der Waals surface area (Å²) in [6.07, 6.45) is -0.288. The molecule has 0 aliphatic carbocycles. The quantitative estimate of drug-likeness (QED) is 0.745. The van der Waals surface area contributed by atoms with Gasteiger partial charge in [0.1, 0.15) is 17.2 Å². The van der Waals surface area contributed by atoms with Crippen molar-refractivity contribution < 1.29 is 18.7 Å². The number of methoxy groups -OCH3 is 1. The molecule has 1 heterocycles. The van der Waals surface area contributed by atoms with Gasteiger partial charge in [0.25, 0.3) is 0 Å². The van der Waals surface area contributed by atoms with E-state index in [0.717, 1.165) is 5.56 Å². The average molecular weight is 417 g/mol. The van der Waals surface area contributed by atoms with Crippen LogP contribution in [0.5, 0.6) is 5.75 Å². The summed E-state index contributed by atoms with van der Waals surface area (Å²) in [5.74, 6) is 0.339. The van der Waals surface area contributed by atoms with Crippen LogP contribution in [0, 0.1) is 5.82 Å². The number of piperazine rings is 1. The van der Waals surface area contributed by atoms with E-state index in [1.54, 1.807) is 18.1 Å². The van der Waals surface area contributed by atoms with Gasteiger partial charge in [-0.1, -0.05) is 0 Å². The molecule has 1 aromatic carbocycles. The minimum atomic E-state index is -0.503. The summed E-state index contributed by atoms with van der Waals surface area (Å²) in [6.45, 7) is 10.0. The van der Waals surface area contributed by atoms with Gasteiger partial charge in [-0.3, -0.25) is 4.90 Å². The molecule has 1 fully saturated rings. The Morgan fingerprint density at radius 2 is 2.04 bits per heavy atom. The molecule has 1 aliphatic rings. The van der Waals surface area contributed by atoms with Crippen LogP contribution in [-0.4, -0.2) is 54.3 Å². The van der Waals surface area contributed by atoms with E-state index in [1.807, 2.05) is 20.8 Å². The van der Waals surface area contributed by atoms with Crippen molar-refractivity contribution in [3.63, 3.8) is 0 Å². The molecule has 2 rings (SSSR count). The first-order valence-corrected chi connectivity index (χ1v) is 9.14. The zero-order chi connectivity index (χ0) is 18.8. The molecule has 7 heteroatoms. The maximum absolute atomic E-state index is 13.9. The lowest BCUT2D eigenvalue weighted by molar-refractivity contribution is 0.00447. The third-order valence-electron chi connectivity index (χ3n) is 4.15. The Kier molecular flexibility index (Phi) is 6.32. The number of amides is 1. The number of benzene rings is 1. The predicted molar refractivity (Wildman–Crippen MR) is 98.3 cm³/mol. The van der Waals surface area contributed by atoms with Crippen LogP contribution in [0.15, 0.2) is 16.6 Å². The van der Waals surface area contributed by atoms with Gasteiger partial charge in [0.05, 0.1) is 11.6 Å². The SMILES string of the molecule is COc1ccc(F)c(Br)c1CN1CCN(C(=O)OC(C)(C)C)C[C@H]1C. The van der Waals surface area contributed by atoms with Crippen LogP contribution in [0.1, 0.15) is 33.3 Å². The fraction of sp³-hybridized carbons (Fsp3) is 0.611. The minimum absolute atomic E-state index is 0.126. The molecule has 0 N–H and O–H groups in total. The number of carbonyl (C=O) groups excluding carboxylic acids is 1. The van der Waals surface area contributed by atoms with Crippen LogP contribution in [0.3, 0.4) is 0 Å². The molecule has 0 aromatic heterocycles. The Morgan fingerprint density at radius 1 is 1.36 bits per heavy atom. The van der Waals surface area contributed by atoms with Gasteiger partial charge >= 0.3 is 6.09 Å². The Balaban J connectivity index is 2.06. The third-order valence-corrected chi connectivity index (χ3v) is 5.01. The van der Waals surface area contributed by atoms with E-state index in [0.29, 0.717) is 36.4 Å². The van der Waals surface area contributed by atoms with Crippen molar-refractivity contribution in [1.82, 2.24) is 9.80 Å². The number of ether oxygens (including phenoxy) is 2. The molecule has 0 unspecified atom stereocenters. The molecule has 1 amide bonds. The summed E-state index contributed by atoms with van der Waals surface area (Å²) < 4.78 is 25.1. The van der Waals surface area contributed by atoms with E-state index in [9.17, 15) is 9.18 Å². The van der Waals surface area contributed by atoms with Gasteiger partial charge in [0.2, 0.25) is 0 Å². The number of hydrogen-bond donors (Lipinski definition) is 0. The van der Waals surface area contributed by atoms with Crippen LogP contribution in [0.25, 0.3) is 0 Å². The van der Waals surface area contributed by atoms with Crippen molar-refractivity contribution >= 4 is 22.0 Å². The summed E-state index contributed by atoms with van der Waals surface area (Å²) in [5, 5.41) is 0. The molecule has 0 radical (unpaired) electrons. The fourth-order valence-electron chi connectivity index (χ4n) is 2.84. The van der Waals surface area contributed by atoms with Gasteiger partial charge in [-0.25, -0.2) is 9.18 Å². The fourth-order valence-corrected chi connectivity index (χ4v) is 3.29. The molecule has 1 saturated heterocycles. The average Bonchev–Trinajstić information content (AvgIpc) is 2.52. The van der Waals surface area contributed by atoms with Gasteiger partial charge in [0.15, 0.2) is 0 Å². The molecule has 1 aromatic rings. The summed E-state index contributed by atoms with van der Waals surface area (Å²) in [5.41, 5.74) is 0.275. The maximum Gasteiger partial charge on any atom is 0.410 e. The lowest BCUT2D eigenvalue weighted by Crippen LogP contribution is -2.54. The number of halogens is 2. The van der Waals surface area contributed by atoms with E-state index in [1.165, 1.54) is 6.07 Å². The first-order valence-electron chi connectivity index (χ1n) is 8.35. The summed E-state index contributed by atoms with van der Waals surface area (Å²) in [6, 6.07) is 3.15. The Bertz CT molecular complexity index is 633. The first-order chi connectivity index (χ1) is 11.6. The topological polar surface area (TPSA) is 42.0 Å². The minimum Gasteiger partial charge on any atom is -0.496 e. The standard InChI is InChI=1S/C18H26BrFN2O3/c1-12-10-22(17(23)25-18(2,3)4)9-8-21(12)11-13-15(24-5)7-6-14(20)16(13)19/h6-7,12H,8-11H2,1-5H3/t12-/m1/s1. The number of nitrogens with zero attached hydrogens (tertiary/aromatic N) is 2. The second-order valence-electron chi connectivity index (χ2n) is 7.29. The first kappa shape index (κ1) is 20.0. The molecule has 0 bridgehead atoms. The molecular weight excluding hydrogens is 391 g/mol. The van der Waals surface area contributed by atoms with Crippen molar-refractivity contribution in [2.45, 2.75) is 45.9 Å². The lowest BCUT2D eigenvalue weighted by atomic mass is 10.1. The van der Waals surface area contributed by atoms with Crippen LogP contribution in [0.2, 0.25) is 0 Å². The maximum atomic E-state index is 13.9. The largest absolute Gasteiger partial charge is 0.496 e. The van der Waals surface area contributed by atoms with Gasteiger partial charge in [-0.2, -0.15) is 0 Å². The van der Waals surface area contributed by atoms with E-state index in [4.69, 9.17) is 9.47 Å².